The SMILES string of the molecule is Nc1nc2sccn2c1S(=O)(=O)N1CCCCCC1. The molecule has 0 atom stereocenters. The van der Waals surface area contributed by atoms with Gasteiger partial charge in [0.1, 0.15) is 0 Å². The molecule has 3 heterocycles. The average Bonchev–Trinajstić information content (AvgIpc) is 2.77. The van der Waals surface area contributed by atoms with Crippen molar-refractivity contribution in [2.24, 2.45) is 0 Å². The lowest BCUT2D eigenvalue weighted by molar-refractivity contribution is 0.421. The van der Waals surface area contributed by atoms with Crippen LogP contribution >= 0.6 is 11.3 Å². The molecule has 104 valence electrons. The van der Waals surface area contributed by atoms with E-state index in [2.05, 4.69) is 4.98 Å². The highest BCUT2D eigenvalue weighted by atomic mass is 32.2. The van der Waals surface area contributed by atoms with Crippen molar-refractivity contribution in [2.75, 3.05) is 18.8 Å². The van der Waals surface area contributed by atoms with E-state index in [0.29, 0.717) is 18.1 Å². The van der Waals surface area contributed by atoms with Crippen LogP contribution in [0.3, 0.4) is 0 Å². The van der Waals surface area contributed by atoms with E-state index in [4.69, 9.17) is 5.73 Å². The van der Waals surface area contributed by atoms with Crippen LogP contribution in [-0.4, -0.2) is 35.2 Å². The zero-order chi connectivity index (χ0) is 13.5. The molecule has 1 aliphatic rings. The summed E-state index contributed by atoms with van der Waals surface area (Å²) >= 11 is 1.38. The number of anilines is 1. The van der Waals surface area contributed by atoms with Gasteiger partial charge in [-0.3, -0.25) is 4.40 Å². The first kappa shape index (κ1) is 12.9. The second kappa shape index (κ2) is 4.77. The topological polar surface area (TPSA) is 80.7 Å². The molecule has 2 aromatic rings. The van der Waals surface area contributed by atoms with Gasteiger partial charge in [-0.25, -0.2) is 13.4 Å². The Morgan fingerprint density at radius 1 is 1.21 bits per heavy atom. The fraction of sp³-hybridized carbons (Fsp3) is 0.545. The second-order valence-corrected chi connectivity index (χ2v) is 7.40. The lowest BCUT2D eigenvalue weighted by Gasteiger charge is -2.19. The molecule has 0 saturated carbocycles. The van der Waals surface area contributed by atoms with Gasteiger partial charge in [-0.15, -0.1) is 11.3 Å². The van der Waals surface area contributed by atoms with Crippen LogP contribution in [0.4, 0.5) is 5.82 Å². The number of sulfonamides is 1. The number of nitrogen functional groups attached to an aromatic ring is 1. The zero-order valence-electron chi connectivity index (χ0n) is 10.4. The number of rotatable bonds is 2. The van der Waals surface area contributed by atoms with Crippen molar-refractivity contribution in [1.29, 1.82) is 0 Å². The Hall–Kier alpha value is -1.12. The van der Waals surface area contributed by atoms with E-state index in [9.17, 15) is 8.42 Å². The van der Waals surface area contributed by atoms with Gasteiger partial charge in [0.2, 0.25) is 0 Å². The number of thiazole rings is 1. The average molecular weight is 300 g/mol. The second-order valence-electron chi connectivity index (χ2n) is 4.68. The van der Waals surface area contributed by atoms with Crippen LogP contribution < -0.4 is 5.73 Å². The molecule has 0 aromatic carbocycles. The molecule has 6 nitrogen and oxygen atoms in total. The Morgan fingerprint density at radius 3 is 2.58 bits per heavy atom. The highest BCUT2D eigenvalue weighted by molar-refractivity contribution is 7.89. The van der Waals surface area contributed by atoms with Crippen LogP contribution in [0.1, 0.15) is 25.7 Å². The minimum atomic E-state index is -3.55. The summed E-state index contributed by atoms with van der Waals surface area (Å²) in [6, 6.07) is 0. The predicted molar refractivity (Wildman–Crippen MR) is 74.7 cm³/mol. The van der Waals surface area contributed by atoms with Crippen LogP contribution in [-0.2, 0) is 10.0 Å². The zero-order valence-corrected chi connectivity index (χ0v) is 12.1. The predicted octanol–water partition coefficient (Wildman–Crippen LogP) is 1.54. The normalized spacial score (nSPS) is 18.7. The van der Waals surface area contributed by atoms with E-state index in [1.165, 1.54) is 15.6 Å². The van der Waals surface area contributed by atoms with Gasteiger partial charge in [0.15, 0.2) is 15.8 Å². The Morgan fingerprint density at radius 2 is 1.89 bits per heavy atom. The molecule has 0 amide bonds. The van der Waals surface area contributed by atoms with Gasteiger partial charge in [0.05, 0.1) is 0 Å². The minimum Gasteiger partial charge on any atom is -0.381 e. The van der Waals surface area contributed by atoms with Gasteiger partial charge in [-0.1, -0.05) is 12.8 Å². The number of imidazole rings is 1. The first-order valence-electron chi connectivity index (χ1n) is 6.32. The molecule has 19 heavy (non-hydrogen) atoms. The largest absolute Gasteiger partial charge is 0.381 e. The molecule has 2 N–H and O–H groups in total. The summed E-state index contributed by atoms with van der Waals surface area (Å²) in [7, 11) is -3.55. The monoisotopic (exact) mass is 300 g/mol. The Labute approximate surface area is 115 Å². The molecule has 0 bridgehead atoms. The maximum absolute atomic E-state index is 12.7. The highest BCUT2D eigenvalue weighted by Gasteiger charge is 2.31. The summed E-state index contributed by atoms with van der Waals surface area (Å²) in [6.45, 7) is 1.14. The van der Waals surface area contributed by atoms with Gasteiger partial charge in [-0.05, 0) is 12.8 Å². The Kier molecular flexibility index (Phi) is 3.23. The van der Waals surface area contributed by atoms with Crippen molar-refractivity contribution >= 4 is 32.1 Å². The smallest absolute Gasteiger partial charge is 0.262 e. The lowest BCUT2D eigenvalue weighted by Crippen LogP contribution is -2.33. The number of hydrogen-bond donors (Lipinski definition) is 1. The van der Waals surface area contributed by atoms with Crippen molar-refractivity contribution < 1.29 is 8.42 Å². The summed E-state index contributed by atoms with van der Waals surface area (Å²) in [6.07, 6.45) is 5.69. The molecular weight excluding hydrogens is 284 g/mol. The summed E-state index contributed by atoms with van der Waals surface area (Å²) in [5.41, 5.74) is 5.80. The van der Waals surface area contributed by atoms with Gasteiger partial charge in [0, 0.05) is 24.7 Å². The van der Waals surface area contributed by atoms with Crippen LogP contribution in [0, 0.1) is 0 Å². The molecular formula is C11H16N4O2S2. The Balaban J connectivity index is 2.08. The molecule has 1 saturated heterocycles. The Bertz CT molecular complexity index is 681. The van der Waals surface area contributed by atoms with Gasteiger partial charge < -0.3 is 5.73 Å². The maximum atomic E-state index is 12.7. The van der Waals surface area contributed by atoms with E-state index in [0.717, 1.165) is 25.7 Å². The third kappa shape index (κ3) is 2.13. The highest BCUT2D eigenvalue weighted by Crippen LogP contribution is 2.27. The number of aromatic nitrogens is 2. The van der Waals surface area contributed by atoms with Crippen molar-refractivity contribution in [2.45, 2.75) is 30.7 Å². The third-order valence-electron chi connectivity index (χ3n) is 3.39. The standard InChI is InChI=1S/C11H16N4O2S2/c12-9-10(15-7-8-18-11(15)13-9)19(16,17)14-5-3-1-2-4-6-14/h7-8H,1-6,12H2. The lowest BCUT2D eigenvalue weighted by atomic mass is 10.2. The molecule has 0 unspecified atom stereocenters. The number of hydrogen-bond acceptors (Lipinski definition) is 5. The van der Waals surface area contributed by atoms with Crippen LogP contribution in [0.25, 0.3) is 4.96 Å². The molecule has 2 aromatic heterocycles. The first-order chi connectivity index (χ1) is 9.10. The molecule has 8 heteroatoms. The summed E-state index contributed by atoms with van der Waals surface area (Å²) < 4.78 is 28.6. The van der Waals surface area contributed by atoms with Crippen molar-refractivity contribution in [3.05, 3.63) is 11.6 Å². The van der Waals surface area contributed by atoms with E-state index in [1.54, 1.807) is 10.6 Å². The first-order valence-corrected chi connectivity index (χ1v) is 8.64. The number of fused-ring (bicyclic) bond motifs is 1. The minimum absolute atomic E-state index is 0.0936. The quantitative estimate of drug-likeness (QED) is 0.912. The van der Waals surface area contributed by atoms with Crippen LogP contribution in [0.15, 0.2) is 16.6 Å². The number of nitrogens with two attached hydrogens (primary N) is 1. The maximum Gasteiger partial charge on any atom is 0.262 e. The van der Waals surface area contributed by atoms with Gasteiger partial charge in [-0.2, -0.15) is 4.31 Å². The number of nitrogens with zero attached hydrogens (tertiary/aromatic N) is 3. The van der Waals surface area contributed by atoms with Crippen molar-refractivity contribution in [3.8, 4) is 0 Å². The van der Waals surface area contributed by atoms with Crippen molar-refractivity contribution in [1.82, 2.24) is 13.7 Å². The van der Waals surface area contributed by atoms with E-state index in [-0.39, 0.29) is 10.8 Å². The third-order valence-corrected chi connectivity index (χ3v) is 6.09. The van der Waals surface area contributed by atoms with E-state index in [1.807, 2.05) is 5.38 Å². The van der Waals surface area contributed by atoms with Gasteiger partial charge >= 0.3 is 0 Å². The molecule has 1 aliphatic heterocycles. The van der Waals surface area contributed by atoms with Crippen molar-refractivity contribution in [3.63, 3.8) is 0 Å². The molecule has 0 spiro atoms. The summed E-state index contributed by atoms with van der Waals surface area (Å²) in [4.78, 5) is 4.73. The molecule has 3 rings (SSSR count). The van der Waals surface area contributed by atoms with Gasteiger partial charge in [0.25, 0.3) is 10.0 Å². The van der Waals surface area contributed by atoms with E-state index >= 15 is 0 Å². The van der Waals surface area contributed by atoms with E-state index < -0.39 is 10.0 Å². The molecule has 0 radical (unpaired) electrons. The van der Waals surface area contributed by atoms with Crippen LogP contribution in [0.5, 0.6) is 0 Å². The fourth-order valence-electron chi connectivity index (χ4n) is 2.44. The summed E-state index contributed by atoms with van der Waals surface area (Å²) in [5.74, 6) is 0.0936. The summed E-state index contributed by atoms with van der Waals surface area (Å²) in [5, 5.41) is 1.93. The molecule has 0 aliphatic carbocycles. The fourth-order valence-corrected chi connectivity index (χ4v) is 4.91. The molecule has 1 fully saturated rings. The van der Waals surface area contributed by atoms with Crippen LogP contribution in [0.2, 0.25) is 0 Å².